The van der Waals surface area contributed by atoms with Gasteiger partial charge in [0.2, 0.25) is 0 Å². The second-order valence-corrected chi connectivity index (χ2v) is 4.88. The lowest BCUT2D eigenvalue weighted by atomic mass is 10.2. The van der Waals surface area contributed by atoms with E-state index in [9.17, 15) is 4.79 Å². The van der Waals surface area contributed by atoms with Crippen molar-refractivity contribution in [3.8, 4) is 0 Å². The van der Waals surface area contributed by atoms with Gasteiger partial charge in [-0.15, -0.1) is 0 Å². The highest BCUT2D eigenvalue weighted by molar-refractivity contribution is 5.74. The summed E-state index contributed by atoms with van der Waals surface area (Å²) in [5.74, 6) is 0. The Bertz CT molecular complexity index is 234. The van der Waals surface area contributed by atoms with Gasteiger partial charge in [0, 0.05) is 51.4 Å². The first kappa shape index (κ1) is 11.7. The van der Waals surface area contributed by atoms with Gasteiger partial charge in [0.25, 0.3) is 0 Å². The maximum Gasteiger partial charge on any atom is 0.320 e. The first-order chi connectivity index (χ1) is 7.66. The van der Waals surface area contributed by atoms with E-state index in [-0.39, 0.29) is 6.03 Å². The molecule has 0 aromatic carbocycles. The van der Waals surface area contributed by atoms with Crippen LogP contribution in [0, 0.1) is 0 Å². The van der Waals surface area contributed by atoms with Crippen molar-refractivity contribution < 1.29 is 4.79 Å². The maximum absolute atomic E-state index is 12.2. The molecule has 2 fully saturated rings. The minimum Gasteiger partial charge on any atom is -0.322 e. The molecule has 0 spiro atoms. The van der Waals surface area contributed by atoms with Crippen molar-refractivity contribution in [2.24, 2.45) is 0 Å². The predicted octanol–water partition coefficient (Wildman–Crippen LogP) is -0.306. The van der Waals surface area contributed by atoms with E-state index in [2.05, 4.69) is 24.5 Å². The number of hydrogen-bond acceptors (Lipinski definition) is 3. The smallest absolute Gasteiger partial charge is 0.320 e. The summed E-state index contributed by atoms with van der Waals surface area (Å²) in [5.41, 5.74) is 0. The van der Waals surface area contributed by atoms with Crippen molar-refractivity contribution in [1.82, 2.24) is 20.4 Å². The number of nitrogens with zero attached hydrogens (tertiary/aromatic N) is 2. The molecule has 0 radical (unpaired) electrons. The average Bonchev–Trinajstić information content (AvgIpc) is 2.28. The van der Waals surface area contributed by atoms with Crippen LogP contribution in [0.2, 0.25) is 0 Å². The third-order valence-corrected chi connectivity index (χ3v) is 3.28. The van der Waals surface area contributed by atoms with Gasteiger partial charge >= 0.3 is 6.03 Å². The minimum atomic E-state index is 0.210. The van der Waals surface area contributed by atoms with Crippen molar-refractivity contribution >= 4 is 6.03 Å². The molecule has 5 nitrogen and oxygen atoms in total. The van der Waals surface area contributed by atoms with Crippen LogP contribution in [0.3, 0.4) is 0 Å². The molecular formula is C11H22N4O. The molecule has 2 amide bonds. The molecule has 2 N–H and O–H groups in total. The molecule has 2 saturated heterocycles. The highest BCUT2D eigenvalue weighted by Crippen LogP contribution is 2.07. The topological polar surface area (TPSA) is 47.6 Å². The maximum atomic E-state index is 12.2. The Balaban J connectivity index is 1.90. The van der Waals surface area contributed by atoms with E-state index < -0.39 is 0 Å². The van der Waals surface area contributed by atoms with Crippen molar-refractivity contribution in [3.63, 3.8) is 0 Å². The predicted molar refractivity (Wildman–Crippen MR) is 63.5 cm³/mol. The number of piperazine rings is 2. The van der Waals surface area contributed by atoms with Gasteiger partial charge < -0.3 is 20.4 Å². The van der Waals surface area contributed by atoms with Gasteiger partial charge in [-0.05, 0) is 13.8 Å². The summed E-state index contributed by atoms with van der Waals surface area (Å²) in [4.78, 5) is 16.2. The summed E-state index contributed by atoms with van der Waals surface area (Å²) in [6.45, 7) is 9.40. The molecule has 0 aromatic rings. The van der Waals surface area contributed by atoms with Gasteiger partial charge in [-0.25, -0.2) is 4.79 Å². The molecule has 2 aliphatic rings. The van der Waals surface area contributed by atoms with Crippen LogP contribution in [0.4, 0.5) is 4.79 Å². The van der Waals surface area contributed by atoms with Crippen LogP contribution in [-0.4, -0.2) is 67.2 Å². The van der Waals surface area contributed by atoms with Crippen LogP contribution in [0.5, 0.6) is 0 Å². The van der Waals surface area contributed by atoms with E-state index in [4.69, 9.17) is 0 Å². The van der Waals surface area contributed by atoms with Gasteiger partial charge in [-0.2, -0.15) is 0 Å². The Kier molecular flexibility index (Phi) is 3.66. The number of amides is 2. The molecule has 0 aliphatic carbocycles. The molecule has 0 aromatic heterocycles. The normalized spacial score (nSPS) is 31.6. The summed E-state index contributed by atoms with van der Waals surface area (Å²) in [7, 11) is 0. The highest BCUT2D eigenvalue weighted by Gasteiger charge is 2.27. The molecule has 0 bridgehead atoms. The fraction of sp³-hybridized carbons (Fsp3) is 0.909. The molecular weight excluding hydrogens is 204 g/mol. The van der Waals surface area contributed by atoms with E-state index in [1.165, 1.54) is 0 Å². The summed E-state index contributed by atoms with van der Waals surface area (Å²) in [5, 5.41) is 6.71. The number of carbonyl (C=O) groups is 1. The Hall–Kier alpha value is -0.810. The molecule has 0 saturated carbocycles. The lowest BCUT2D eigenvalue weighted by molar-refractivity contribution is 0.126. The van der Waals surface area contributed by atoms with E-state index in [1.54, 1.807) is 0 Å². The van der Waals surface area contributed by atoms with Gasteiger partial charge in [0.15, 0.2) is 0 Å². The first-order valence-electron chi connectivity index (χ1n) is 6.17. The van der Waals surface area contributed by atoms with E-state index in [0.29, 0.717) is 12.1 Å². The second-order valence-electron chi connectivity index (χ2n) is 4.88. The zero-order valence-electron chi connectivity index (χ0n) is 10.2. The molecule has 2 unspecified atom stereocenters. The lowest BCUT2D eigenvalue weighted by Gasteiger charge is -2.39. The Labute approximate surface area is 97.2 Å². The molecule has 2 aliphatic heterocycles. The molecule has 5 heteroatoms. The Morgan fingerprint density at radius 2 is 1.44 bits per heavy atom. The first-order valence-corrected chi connectivity index (χ1v) is 6.17. The zero-order valence-corrected chi connectivity index (χ0v) is 10.2. The van der Waals surface area contributed by atoms with Crippen LogP contribution in [0.25, 0.3) is 0 Å². The van der Waals surface area contributed by atoms with Crippen LogP contribution in [0.1, 0.15) is 13.8 Å². The number of carbonyl (C=O) groups excluding carboxylic acids is 1. The second kappa shape index (κ2) is 5.01. The molecule has 16 heavy (non-hydrogen) atoms. The standard InChI is InChI=1S/C11H22N4O/c1-9-7-14(5-3-12-9)11(16)15-6-4-13-10(2)8-15/h9-10,12-13H,3-8H2,1-2H3. The largest absolute Gasteiger partial charge is 0.322 e. The summed E-state index contributed by atoms with van der Waals surface area (Å²) in [6, 6.07) is 1.04. The van der Waals surface area contributed by atoms with Crippen molar-refractivity contribution in [3.05, 3.63) is 0 Å². The minimum absolute atomic E-state index is 0.210. The number of rotatable bonds is 0. The van der Waals surface area contributed by atoms with Gasteiger partial charge in [0.05, 0.1) is 0 Å². The summed E-state index contributed by atoms with van der Waals surface area (Å²) >= 11 is 0. The quantitative estimate of drug-likeness (QED) is 0.596. The number of hydrogen-bond donors (Lipinski definition) is 2. The summed E-state index contributed by atoms with van der Waals surface area (Å²) in [6.07, 6.45) is 0. The van der Waals surface area contributed by atoms with Crippen LogP contribution in [-0.2, 0) is 0 Å². The van der Waals surface area contributed by atoms with Crippen LogP contribution >= 0.6 is 0 Å². The Morgan fingerprint density at radius 3 is 1.81 bits per heavy atom. The van der Waals surface area contributed by atoms with Crippen LogP contribution < -0.4 is 10.6 Å². The molecule has 92 valence electrons. The third kappa shape index (κ3) is 2.65. The van der Waals surface area contributed by atoms with Crippen molar-refractivity contribution in [2.75, 3.05) is 39.3 Å². The van der Waals surface area contributed by atoms with Gasteiger partial charge in [-0.1, -0.05) is 0 Å². The van der Waals surface area contributed by atoms with E-state index in [0.717, 1.165) is 39.3 Å². The zero-order chi connectivity index (χ0) is 11.5. The number of urea groups is 1. The third-order valence-electron chi connectivity index (χ3n) is 3.28. The van der Waals surface area contributed by atoms with E-state index >= 15 is 0 Å². The molecule has 2 rings (SSSR count). The molecule has 2 heterocycles. The SMILES string of the molecule is CC1CN(C(=O)N2CCNC(C)C2)CCN1. The average molecular weight is 226 g/mol. The van der Waals surface area contributed by atoms with Gasteiger partial charge in [0.1, 0.15) is 0 Å². The number of nitrogens with one attached hydrogen (secondary N) is 2. The van der Waals surface area contributed by atoms with E-state index in [1.807, 2.05) is 9.80 Å². The Morgan fingerprint density at radius 1 is 1.00 bits per heavy atom. The molecule has 2 atom stereocenters. The fourth-order valence-corrected chi connectivity index (χ4v) is 2.41. The lowest BCUT2D eigenvalue weighted by Crippen LogP contribution is -2.59. The summed E-state index contributed by atoms with van der Waals surface area (Å²) < 4.78 is 0. The fourth-order valence-electron chi connectivity index (χ4n) is 2.41. The van der Waals surface area contributed by atoms with Crippen molar-refractivity contribution in [1.29, 1.82) is 0 Å². The highest BCUT2D eigenvalue weighted by atomic mass is 16.2. The monoisotopic (exact) mass is 226 g/mol. The van der Waals surface area contributed by atoms with Gasteiger partial charge in [-0.3, -0.25) is 0 Å². The van der Waals surface area contributed by atoms with Crippen LogP contribution in [0.15, 0.2) is 0 Å². The van der Waals surface area contributed by atoms with Crippen molar-refractivity contribution in [2.45, 2.75) is 25.9 Å².